The highest BCUT2D eigenvalue weighted by atomic mass is 32.2. The Labute approximate surface area is 237 Å². The van der Waals surface area contributed by atoms with Crippen molar-refractivity contribution in [1.82, 2.24) is 16.0 Å². The third kappa shape index (κ3) is 11.5. The second-order valence-corrected chi connectivity index (χ2v) is 10.2. The first-order valence-electron chi connectivity index (χ1n) is 12.8. The minimum atomic E-state index is -1.18. The molecule has 0 fully saturated rings. The van der Waals surface area contributed by atoms with Gasteiger partial charge in [0.25, 0.3) is 0 Å². The molecule has 7 N–H and O–H groups in total. The molecule has 3 amide bonds. The van der Waals surface area contributed by atoms with Crippen LogP contribution in [0.2, 0.25) is 0 Å². The Kier molecular flexibility index (Phi) is 13.7. The van der Waals surface area contributed by atoms with E-state index < -0.39 is 53.8 Å². The third-order valence-electron chi connectivity index (χ3n) is 6.06. The van der Waals surface area contributed by atoms with Gasteiger partial charge >= 0.3 is 11.9 Å². The van der Waals surface area contributed by atoms with E-state index in [1.54, 1.807) is 60.7 Å². The molecular formula is C28H36N4O7S. The highest BCUT2D eigenvalue weighted by molar-refractivity contribution is 7.98. The molecule has 0 aliphatic carbocycles. The standard InChI is InChI=1S/C28H36N4O7S/c1-40-15-14-21(28(38)39)30-26(36)23(17-19-10-6-3-7-11-19)32-27(37)22(16-18-8-4-2-5-9-18)31-25(35)20(29)12-13-24(33)34/h2-11,20-23H,12-17,29H2,1H3,(H,30,36)(H,31,35)(H,32,37)(H,33,34)(H,38,39). The lowest BCUT2D eigenvalue weighted by Crippen LogP contribution is -2.58. The van der Waals surface area contributed by atoms with Gasteiger partial charge in [-0.05, 0) is 36.0 Å². The topological polar surface area (TPSA) is 188 Å². The molecule has 0 radical (unpaired) electrons. The lowest BCUT2D eigenvalue weighted by Gasteiger charge is -2.25. The smallest absolute Gasteiger partial charge is 0.326 e. The molecule has 0 saturated heterocycles. The number of hydrogen-bond acceptors (Lipinski definition) is 7. The fourth-order valence-corrected chi connectivity index (χ4v) is 4.32. The Hall–Kier alpha value is -3.90. The highest BCUT2D eigenvalue weighted by Gasteiger charge is 2.30. The second-order valence-electron chi connectivity index (χ2n) is 9.22. The van der Waals surface area contributed by atoms with Gasteiger partial charge in [0.15, 0.2) is 0 Å². The molecule has 40 heavy (non-hydrogen) atoms. The van der Waals surface area contributed by atoms with Gasteiger partial charge in [-0.25, -0.2) is 4.79 Å². The molecule has 0 spiro atoms. The molecule has 0 heterocycles. The van der Waals surface area contributed by atoms with Gasteiger partial charge in [-0.2, -0.15) is 11.8 Å². The first-order valence-corrected chi connectivity index (χ1v) is 14.2. The van der Waals surface area contributed by atoms with Crippen LogP contribution in [0.5, 0.6) is 0 Å². The largest absolute Gasteiger partial charge is 0.481 e. The monoisotopic (exact) mass is 572 g/mol. The summed E-state index contributed by atoms with van der Waals surface area (Å²) in [6.45, 7) is 0. The maximum atomic E-state index is 13.5. The number of nitrogens with one attached hydrogen (secondary N) is 3. The van der Waals surface area contributed by atoms with Gasteiger partial charge in [0.05, 0.1) is 6.04 Å². The van der Waals surface area contributed by atoms with Crippen molar-refractivity contribution in [3.63, 3.8) is 0 Å². The van der Waals surface area contributed by atoms with Crippen molar-refractivity contribution < 1.29 is 34.2 Å². The van der Waals surface area contributed by atoms with E-state index in [-0.39, 0.29) is 32.1 Å². The summed E-state index contributed by atoms with van der Waals surface area (Å²) in [4.78, 5) is 62.1. The zero-order valence-corrected chi connectivity index (χ0v) is 23.1. The molecule has 0 saturated carbocycles. The summed E-state index contributed by atoms with van der Waals surface area (Å²) in [5.41, 5.74) is 7.32. The number of carboxylic acids is 2. The predicted octanol–water partition coefficient (Wildman–Crippen LogP) is 0.956. The van der Waals surface area contributed by atoms with Gasteiger partial charge in [0.2, 0.25) is 17.7 Å². The van der Waals surface area contributed by atoms with Crippen molar-refractivity contribution in [2.45, 2.75) is 56.3 Å². The van der Waals surface area contributed by atoms with Gasteiger partial charge in [-0.1, -0.05) is 60.7 Å². The molecule has 216 valence electrons. The quantitative estimate of drug-likeness (QED) is 0.160. The fourth-order valence-electron chi connectivity index (χ4n) is 3.84. The van der Waals surface area contributed by atoms with E-state index >= 15 is 0 Å². The van der Waals surface area contributed by atoms with Crippen LogP contribution in [0.25, 0.3) is 0 Å². The minimum absolute atomic E-state index is 0.0786. The number of nitrogens with two attached hydrogens (primary N) is 1. The Balaban J connectivity index is 2.27. The number of hydrogen-bond donors (Lipinski definition) is 6. The molecule has 0 aliphatic rings. The van der Waals surface area contributed by atoms with Crippen molar-refractivity contribution in [3.05, 3.63) is 71.8 Å². The minimum Gasteiger partial charge on any atom is -0.481 e. The number of carbonyl (C=O) groups is 5. The molecule has 0 aromatic heterocycles. The maximum absolute atomic E-state index is 13.5. The molecule has 2 aromatic rings. The van der Waals surface area contributed by atoms with Crippen molar-refractivity contribution in [2.75, 3.05) is 12.0 Å². The summed E-state index contributed by atoms with van der Waals surface area (Å²) in [7, 11) is 0. The van der Waals surface area contributed by atoms with E-state index in [0.717, 1.165) is 11.1 Å². The normalized spacial score (nSPS) is 13.8. The van der Waals surface area contributed by atoms with Gasteiger partial charge in [-0.3, -0.25) is 19.2 Å². The van der Waals surface area contributed by atoms with E-state index in [1.807, 2.05) is 6.26 Å². The number of amides is 3. The summed E-state index contributed by atoms with van der Waals surface area (Å²) in [5.74, 6) is -3.82. The molecular weight excluding hydrogens is 536 g/mol. The van der Waals surface area contributed by atoms with Crippen LogP contribution in [-0.2, 0) is 36.8 Å². The van der Waals surface area contributed by atoms with Crippen LogP contribution >= 0.6 is 11.8 Å². The van der Waals surface area contributed by atoms with Crippen LogP contribution in [0.1, 0.15) is 30.4 Å². The number of rotatable bonds is 17. The highest BCUT2D eigenvalue weighted by Crippen LogP contribution is 2.09. The van der Waals surface area contributed by atoms with Crippen LogP contribution in [0.4, 0.5) is 0 Å². The number of carboxylic acid groups (broad SMARTS) is 2. The van der Waals surface area contributed by atoms with Crippen molar-refractivity contribution in [2.24, 2.45) is 5.73 Å². The summed E-state index contributed by atoms with van der Waals surface area (Å²) >= 11 is 1.45. The van der Waals surface area contributed by atoms with E-state index in [2.05, 4.69) is 16.0 Å². The fraction of sp³-hybridized carbons (Fsp3) is 0.393. The summed E-state index contributed by atoms with van der Waals surface area (Å²) in [6, 6.07) is 13.2. The number of benzene rings is 2. The van der Waals surface area contributed by atoms with Crippen molar-refractivity contribution >= 4 is 41.4 Å². The van der Waals surface area contributed by atoms with Gasteiger partial charge in [0.1, 0.15) is 18.1 Å². The van der Waals surface area contributed by atoms with Crippen molar-refractivity contribution in [1.29, 1.82) is 0 Å². The molecule has 0 aliphatic heterocycles. The molecule has 4 atom stereocenters. The second kappa shape index (κ2) is 16.9. The number of carbonyl (C=O) groups excluding carboxylic acids is 3. The Morgan fingerprint density at radius 2 is 1.18 bits per heavy atom. The first-order chi connectivity index (χ1) is 19.1. The zero-order chi connectivity index (χ0) is 29.5. The molecule has 11 nitrogen and oxygen atoms in total. The Bertz CT molecular complexity index is 1130. The maximum Gasteiger partial charge on any atom is 0.326 e. The summed E-state index contributed by atoms with van der Waals surface area (Å²) < 4.78 is 0. The van der Waals surface area contributed by atoms with Crippen LogP contribution in [0, 0.1) is 0 Å². The van der Waals surface area contributed by atoms with E-state index in [1.165, 1.54) is 11.8 Å². The van der Waals surface area contributed by atoms with Crippen molar-refractivity contribution in [3.8, 4) is 0 Å². The SMILES string of the molecule is CSCCC(NC(=O)C(Cc1ccccc1)NC(=O)C(Cc1ccccc1)NC(=O)C(N)CCC(=O)O)C(=O)O. The van der Waals surface area contributed by atoms with Crippen LogP contribution in [0.3, 0.4) is 0 Å². The predicted molar refractivity (Wildman–Crippen MR) is 152 cm³/mol. The Morgan fingerprint density at radius 3 is 1.60 bits per heavy atom. The average Bonchev–Trinajstić information content (AvgIpc) is 2.93. The third-order valence-corrected chi connectivity index (χ3v) is 6.71. The molecule has 2 aromatic carbocycles. The number of thioether (sulfide) groups is 1. The van der Waals surface area contributed by atoms with Gasteiger partial charge in [0, 0.05) is 19.3 Å². The van der Waals surface area contributed by atoms with E-state index in [4.69, 9.17) is 10.8 Å². The Morgan fingerprint density at radius 1 is 0.725 bits per heavy atom. The molecule has 12 heteroatoms. The van der Waals surface area contributed by atoms with E-state index in [9.17, 15) is 29.1 Å². The first kappa shape index (κ1) is 32.3. The molecule has 0 bridgehead atoms. The van der Waals surface area contributed by atoms with Crippen LogP contribution in [0.15, 0.2) is 60.7 Å². The summed E-state index contributed by atoms with van der Waals surface area (Å²) in [5, 5.41) is 26.3. The van der Waals surface area contributed by atoms with Gasteiger partial charge < -0.3 is 31.9 Å². The van der Waals surface area contributed by atoms with Crippen LogP contribution < -0.4 is 21.7 Å². The number of aliphatic carboxylic acids is 2. The van der Waals surface area contributed by atoms with Gasteiger partial charge in [-0.15, -0.1) is 0 Å². The molecule has 2 rings (SSSR count). The van der Waals surface area contributed by atoms with E-state index in [0.29, 0.717) is 5.75 Å². The lowest BCUT2D eigenvalue weighted by molar-refractivity contribution is -0.142. The lowest BCUT2D eigenvalue weighted by atomic mass is 10.0. The summed E-state index contributed by atoms with van der Waals surface area (Å²) in [6.07, 6.45) is 1.76. The zero-order valence-electron chi connectivity index (χ0n) is 22.2. The molecule has 4 unspecified atom stereocenters. The average molecular weight is 573 g/mol. The van der Waals surface area contributed by atoms with Crippen LogP contribution in [-0.4, -0.2) is 76.0 Å².